The normalized spacial score (nSPS) is 17.8. The van der Waals surface area contributed by atoms with Crippen molar-refractivity contribution in [2.45, 2.75) is 57.5 Å². The summed E-state index contributed by atoms with van der Waals surface area (Å²) in [7, 11) is 1.72. The highest BCUT2D eigenvalue weighted by Gasteiger charge is 2.11. The van der Waals surface area contributed by atoms with E-state index in [1.807, 2.05) is 6.07 Å². The summed E-state index contributed by atoms with van der Waals surface area (Å²) in [5.74, 6) is 0.928. The van der Waals surface area contributed by atoms with Crippen molar-refractivity contribution in [1.82, 2.24) is 5.32 Å². The maximum absolute atomic E-state index is 5.29. The maximum atomic E-state index is 5.29. The van der Waals surface area contributed by atoms with Gasteiger partial charge in [-0.3, -0.25) is 0 Å². The Kier molecular flexibility index (Phi) is 6.18. The minimum atomic E-state index is 0.679. The van der Waals surface area contributed by atoms with E-state index < -0.39 is 0 Å². The number of benzene rings is 1. The number of nitrogens with one attached hydrogen (secondary N) is 1. The van der Waals surface area contributed by atoms with E-state index in [-0.39, 0.29) is 0 Å². The summed E-state index contributed by atoms with van der Waals surface area (Å²) in [5.41, 5.74) is 1.28. The molecular formula is C16H24BrNO. The van der Waals surface area contributed by atoms with Crippen LogP contribution in [0.3, 0.4) is 0 Å². The van der Waals surface area contributed by atoms with Crippen LogP contribution in [0, 0.1) is 0 Å². The van der Waals surface area contributed by atoms with Gasteiger partial charge in [-0.1, -0.05) is 48.0 Å². The van der Waals surface area contributed by atoms with Crippen molar-refractivity contribution in [3.8, 4) is 5.75 Å². The fraction of sp³-hybridized carbons (Fsp3) is 0.625. The third kappa shape index (κ3) is 4.81. The molecule has 2 nitrogen and oxygen atoms in total. The predicted molar refractivity (Wildman–Crippen MR) is 83.6 cm³/mol. The molecule has 0 amide bonds. The Morgan fingerprint density at radius 2 is 1.84 bits per heavy atom. The van der Waals surface area contributed by atoms with Crippen molar-refractivity contribution in [2.24, 2.45) is 0 Å². The molecule has 0 bridgehead atoms. The monoisotopic (exact) mass is 325 g/mol. The second-order valence-corrected chi connectivity index (χ2v) is 6.23. The Balaban J connectivity index is 1.89. The van der Waals surface area contributed by atoms with Crippen LogP contribution in [0.4, 0.5) is 0 Å². The molecule has 106 valence electrons. The third-order valence-corrected chi connectivity index (χ3v) is 4.71. The first-order chi connectivity index (χ1) is 9.29. The largest absolute Gasteiger partial charge is 0.497 e. The summed E-state index contributed by atoms with van der Waals surface area (Å²) in [6.45, 7) is 0.919. The van der Waals surface area contributed by atoms with Gasteiger partial charge in [0.05, 0.1) is 7.11 Å². The van der Waals surface area contributed by atoms with E-state index >= 15 is 0 Å². The molecule has 2 rings (SSSR count). The summed E-state index contributed by atoms with van der Waals surface area (Å²) in [5, 5.41) is 3.71. The zero-order valence-electron chi connectivity index (χ0n) is 11.8. The standard InChI is InChI=1S/C16H24BrNO/c1-19-15-9-10-16(17)13(11-15)12-18-14-7-5-3-2-4-6-8-14/h9-11,14,18H,2-8,12H2,1H3. The van der Waals surface area contributed by atoms with Gasteiger partial charge in [-0.25, -0.2) is 0 Å². The molecule has 0 saturated heterocycles. The van der Waals surface area contributed by atoms with E-state index in [0.717, 1.165) is 16.8 Å². The van der Waals surface area contributed by atoms with Crippen LogP contribution in [-0.2, 0) is 6.54 Å². The van der Waals surface area contributed by atoms with Crippen LogP contribution in [0.15, 0.2) is 22.7 Å². The molecule has 0 aromatic heterocycles. The zero-order valence-corrected chi connectivity index (χ0v) is 13.3. The SMILES string of the molecule is COc1ccc(Br)c(CNC2CCCCCCC2)c1. The van der Waals surface area contributed by atoms with Gasteiger partial charge < -0.3 is 10.1 Å². The highest BCUT2D eigenvalue weighted by Crippen LogP contribution is 2.23. The van der Waals surface area contributed by atoms with Gasteiger partial charge in [0.2, 0.25) is 0 Å². The molecule has 19 heavy (non-hydrogen) atoms. The molecule has 1 aliphatic rings. The Morgan fingerprint density at radius 3 is 2.53 bits per heavy atom. The van der Waals surface area contributed by atoms with Gasteiger partial charge in [0.15, 0.2) is 0 Å². The first kappa shape index (κ1) is 14.9. The molecular weight excluding hydrogens is 302 g/mol. The van der Waals surface area contributed by atoms with Crippen LogP contribution in [-0.4, -0.2) is 13.2 Å². The molecule has 1 N–H and O–H groups in total. The number of halogens is 1. The lowest BCUT2D eigenvalue weighted by molar-refractivity contribution is 0.387. The first-order valence-corrected chi connectivity index (χ1v) is 8.14. The highest BCUT2D eigenvalue weighted by molar-refractivity contribution is 9.10. The van der Waals surface area contributed by atoms with Crippen LogP contribution in [0.2, 0.25) is 0 Å². The molecule has 1 aliphatic carbocycles. The first-order valence-electron chi connectivity index (χ1n) is 7.35. The van der Waals surface area contributed by atoms with Gasteiger partial charge in [0.1, 0.15) is 5.75 Å². The molecule has 0 aliphatic heterocycles. The Labute approximate surface area is 125 Å². The molecule has 0 spiro atoms. The smallest absolute Gasteiger partial charge is 0.119 e. The zero-order chi connectivity index (χ0) is 13.5. The number of rotatable bonds is 4. The fourth-order valence-electron chi connectivity index (χ4n) is 2.73. The van der Waals surface area contributed by atoms with Gasteiger partial charge in [0, 0.05) is 17.1 Å². The summed E-state index contributed by atoms with van der Waals surface area (Å²) in [6, 6.07) is 6.84. The van der Waals surface area contributed by atoms with E-state index in [9.17, 15) is 0 Å². The maximum Gasteiger partial charge on any atom is 0.119 e. The average Bonchev–Trinajstić information content (AvgIpc) is 2.39. The van der Waals surface area contributed by atoms with Crippen molar-refractivity contribution in [3.05, 3.63) is 28.2 Å². The van der Waals surface area contributed by atoms with Gasteiger partial charge >= 0.3 is 0 Å². The van der Waals surface area contributed by atoms with Crippen molar-refractivity contribution >= 4 is 15.9 Å². The van der Waals surface area contributed by atoms with Gasteiger partial charge in [-0.05, 0) is 36.6 Å². The molecule has 0 unspecified atom stereocenters. The Hall–Kier alpha value is -0.540. The van der Waals surface area contributed by atoms with Crippen LogP contribution >= 0.6 is 15.9 Å². The molecule has 3 heteroatoms. The summed E-state index contributed by atoms with van der Waals surface area (Å²) in [4.78, 5) is 0. The lowest BCUT2D eigenvalue weighted by Gasteiger charge is -2.21. The molecule has 1 fully saturated rings. The van der Waals surface area contributed by atoms with Crippen molar-refractivity contribution in [2.75, 3.05) is 7.11 Å². The van der Waals surface area contributed by atoms with E-state index in [4.69, 9.17) is 4.74 Å². The molecule has 0 radical (unpaired) electrons. The van der Waals surface area contributed by atoms with Crippen LogP contribution in [0.25, 0.3) is 0 Å². The lowest BCUT2D eigenvalue weighted by Crippen LogP contribution is -2.29. The van der Waals surface area contributed by atoms with E-state index in [1.165, 1.54) is 50.5 Å². The summed E-state index contributed by atoms with van der Waals surface area (Å²) >= 11 is 3.62. The number of hydrogen-bond acceptors (Lipinski definition) is 2. The summed E-state index contributed by atoms with van der Waals surface area (Å²) in [6.07, 6.45) is 9.62. The quantitative estimate of drug-likeness (QED) is 0.869. The minimum Gasteiger partial charge on any atom is -0.497 e. The van der Waals surface area contributed by atoms with Crippen LogP contribution < -0.4 is 10.1 Å². The van der Waals surface area contributed by atoms with Gasteiger partial charge in [-0.15, -0.1) is 0 Å². The number of ether oxygens (including phenoxy) is 1. The van der Waals surface area contributed by atoms with Crippen molar-refractivity contribution in [3.63, 3.8) is 0 Å². The Bertz CT molecular complexity index is 386. The Morgan fingerprint density at radius 1 is 1.16 bits per heavy atom. The topological polar surface area (TPSA) is 21.3 Å². The van der Waals surface area contributed by atoms with E-state index in [1.54, 1.807) is 7.11 Å². The van der Waals surface area contributed by atoms with Crippen molar-refractivity contribution < 1.29 is 4.74 Å². The summed E-state index contributed by atoms with van der Waals surface area (Å²) < 4.78 is 6.45. The highest BCUT2D eigenvalue weighted by atomic mass is 79.9. The second-order valence-electron chi connectivity index (χ2n) is 5.38. The predicted octanol–water partition coefficient (Wildman–Crippen LogP) is 4.66. The van der Waals surface area contributed by atoms with Gasteiger partial charge in [0.25, 0.3) is 0 Å². The van der Waals surface area contributed by atoms with Crippen LogP contribution in [0.5, 0.6) is 5.75 Å². The van der Waals surface area contributed by atoms with E-state index in [0.29, 0.717) is 6.04 Å². The van der Waals surface area contributed by atoms with E-state index in [2.05, 4.69) is 33.4 Å². The van der Waals surface area contributed by atoms with Gasteiger partial charge in [-0.2, -0.15) is 0 Å². The molecule has 1 aromatic carbocycles. The minimum absolute atomic E-state index is 0.679. The number of hydrogen-bond donors (Lipinski definition) is 1. The van der Waals surface area contributed by atoms with Crippen molar-refractivity contribution in [1.29, 1.82) is 0 Å². The number of methoxy groups -OCH3 is 1. The molecule has 1 aromatic rings. The third-order valence-electron chi connectivity index (χ3n) is 3.94. The average molecular weight is 326 g/mol. The second kappa shape index (κ2) is 7.91. The lowest BCUT2D eigenvalue weighted by atomic mass is 9.96. The molecule has 1 saturated carbocycles. The van der Waals surface area contributed by atoms with Crippen LogP contribution in [0.1, 0.15) is 50.5 Å². The fourth-order valence-corrected chi connectivity index (χ4v) is 3.11. The molecule has 0 atom stereocenters. The molecule has 0 heterocycles.